The molecule has 5 nitrogen and oxygen atoms in total. The van der Waals surface area contributed by atoms with Gasteiger partial charge in [0.25, 0.3) is 5.91 Å². The van der Waals surface area contributed by atoms with Gasteiger partial charge < -0.3 is 9.64 Å². The van der Waals surface area contributed by atoms with E-state index in [1.165, 1.54) is 12.1 Å². The van der Waals surface area contributed by atoms with Crippen LogP contribution in [0.4, 0.5) is 4.39 Å². The quantitative estimate of drug-likeness (QED) is 0.568. The molecule has 1 aliphatic heterocycles. The van der Waals surface area contributed by atoms with Crippen LogP contribution in [0.25, 0.3) is 11.3 Å². The van der Waals surface area contributed by atoms with Crippen LogP contribution in [0.2, 0.25) is 0 Å². The fourth-order valence-corrected chi connectivity index (χ4v) is 4.07. The summed E-state index contributed by atoms with van der Waals surface area (Å²) >= 11 is 3.52. The standard InChI is InChI=1S/C21H19BrFN3O2/c1-28-11-3-10-26-20(14-4-2-5-15(22)12-14)17-18(24-25-19(17)21(26)27)13-6-8-16(23)9-7-13/h2,4-9,12,20H,3,10-11H2,1H3,(H,24,25). The van der Waals surface area contributed by atoms with Crippen molar-refractivity contribution in [3.63, 3.8) is 0 Å². The average Bonchev–Trinajstić information content (AvgIpc) is 3.22. The monoisotopic (exact) mass is 443 g/mol. The number of hydrogen-bond acceptors (Lipinski definition) is 3. The van der Waals surface area contributed by atoms with E-state index in [1.807, 2.05) is 29.2 Å². The number of nitrogens with one attached hydrogen (secondary N) is 1. The van der Waals surface area contributed by atoms with Gasteiger partial charge in [-0.1, -0.05) is 28.1 Å². The van der Waals surface area contributed by atoms with E-state index in [1.54, 1.807) is 19.2 Å². The zero-order valence-electron chi connectivity index (χ0n) is 15.3. The van der Waals surface area contributed by atoms with Crippen LogP contribution in [-0.2, 0) is 4.74 Å². The molecule has 0 bridgehead atoms. The zero-order valence-corrected chi connectivity index (χ0v) is 16.9. The highest BCUT2D eigenvalue weighted by Crippen LogP contribution is 2.43. The number of fused-ring (bicyclic) bond motifs is 1. The number of amides is 1. The summed E-state index contributed by atoms with van der Waals surface area (Å²) in [5, 5.41) is 7.29. The number of benzene rings is 2. The van der Waals surface area contributed by atoms with Crippen molar-refractivity contribution in [2.75, 3.05) is 20.3 Å². The third kappa shape index (κ3) is 3.36. The van der Waals surface area contributed by atoms with Crippen molar-refractivity contribution in [3.05, 3.63) is 75.6 Å². The van der Waals surface area contributed by atoms with Crippen LogP contribution in [0.15, 0.2) is 53.0 Å². The molecule has 1 aliphatic rings. The topological polar surface area (TPSA) is 58.2 Å². The summed E-state index contributed by atoms with van der Waals surface area (Å²) in [6.45, 7) is 1.14. The lowest BCUT2D eigenvalue weighted by molar-refractivity contribution is 0.0723. The van der Waals surface area contributed by atoms with Gasteiger partial charge in [0.15, 0.2) is 0 Å². The van der Waals surface area contributed by atoms with E-state index in [0.29, 0.717) is 24.5 Å². The molecule has 1 atom stereocenters. The van der Waals surface area contributed by atoms with Crippen molar-refractivity contribution in [1.82, 2.24) is 15.1 Å². The van der Waals surface area contributed by atoms with Gasteiger partial charge in [-0.3, -0.25) is 9.89 Å². The van der Waals surface area contributed by atoms with Gasteiger partial charge in [0.05, 0.1) is 11.7 Å². The maximum atomic E-state index is 13.4. The molecule has 1 unspecified atom stereocenters. The van der Waals surface area contributed by atoms with Gasteiger partial charge >= 0.3 is 0 Å². The Balaban J connectivity index is 1.82. The highest BCUT2D eigenvalue weighted by atomic mass is 79.9. The van der Waals surface area contributed by atoms with Crippen molar-refractivity contribution in [1.29, 1.82) is 0 Å². The van der Waals surface area contributed by atoms with Gasteiger partial charge in [-0.2, -0.15) is 5.10 Å². The van der Waals surface area contributed by atoms with Crippen LogP contribution in [0.5, 0.6) is 0 Å². The summed E-state index contributed by atoms with van der Waals surface area (Å²) in [5.41, 5.74) is 3.74. The van der Waals surface area contributed by atoms with Crippen molar-refractivity contribution in [2.45, 2.75) is 12.5 Å². The maximum absolute atomic E-state index is 13.4. The molecule has 7 heteroatoms. The third-order valence-electron chi connectivity index (χ3n) is 4.89. The Hall–Kier alpha value is -2.51. The second-order valence-corrected chi connectivity index (χ2v) is 7.59. The average molecular weight is 444 g/mol. The molecule has 28 heavy (non-hydrogen) atoms. The summed E-state index contributed by atoms with van der Waals surface area (Å²) in [5.74, 6) is -0.395. The normalized spacial score (nSPS) is 15.9. The highest BCUT2D eigenvalue weighted by Gasteiger charge is 2.41. The molecule has 0 spiro atoms. The van der Waals surface area contributed by atoms with E-state index in [4.69, 9.17) is 4.74 Å². The molecule has 2 aromatic carbocycles. The van der Waals surface area contributed by atoms with E-state index in [0.717, 1.165) is 27.6 Å². The Kier molecular flexibility index (Phi) is 5.28. The largest absolute Gasteiger partial charge is 0.385 e. The number of rotatable bonds is 6. The Morgan fingerprint density at radius 1 is 1.25 bits per heavy atom. The zero-order chi connectivity index (χ0) is 19.7. The second-order valence-electron chi connectivity index (χ2n) is 6.67. The predicted octanol–water partition coefficient (Wildman–Crippen LogP) is 4.56. The minimum absolute atomic E-state index is 0.0862. The van der Waals surface area contributed by atoms with Crippen molar-refractivity contribution < 1.29 is 13.9 Å². The van der Waals surface area contributed by atoms with Gasteiger partial charge in [-0.15, -0.1) is 0 Å². The van der Waals surface area contributed by atoms with E-state index >= 15 is 0 Å². The fraction of sp³-hybridized carbons (Fsp3) is 0.238. The van der Waals surface area contributed by atoms with Gasteiger partial charge in [0.1, 0.15) is 11.5 Å². The minimum Gasteiger partial charge on any atom is -0.385 e. The molecule has 0 fully saturated rings. The summed E-state index contributed by atoms with van der Waals surface area (Å²) in [4.78, 5) is 14.9. The Bertz CT molecular complexity index is 1000. The number of carbonyl (C=O) groups is 1. The number of halogens is 2. The maximum Gasteiger partial charge on any atom is 0.273 e. The van der Waals surface area contributed by atoms with Gasteiger partial charge in [-0.05, 0) is 48.4 Å². The number of methoxy groups -OCH3 is 1. The van der Waals surface area contributed by atoms with E-state index < -0.39 is 0 Å². The Labute approximate surface area is 170 Å². The number of nitrogens with zero attached hydrogens (tertiary/aromatic N) is 2. The van der Waals surface area contributed by atoms with E-state index in [2.05, 4.69) is 26.1 Å². The summed E-state index contributed by atoms with van der Waals surface area (Å²) in [6.07, 6.45) is 0.732. The molecule has 2 heterocycles. The van der Waals surface area contributed by atoms with Crippen molar-refractivity contribution >= 4 is 21.8 Å². The van der Waals surface area contributed by atoms with Gasteiger partial charge in [-0.25, -0.2) is 4.39 Å². The van der Waals surface area contributed by atoms with Gasteiger partial charge in [0, 0.05) is 35.9 Å². The van der Waals surface area contributed by atoms with Crippen LogP contribution >= 0.6 is 15.9 Å². The van der Waals surface area contributed by atoms with Gasteiger partial charge in [0.2, 0.25) is 0 Å². The lowest BCUT2D eigenvalue weighted by atomic mass is 9.96. The van der Waals surface area contributed by atoms with Crippen molar-refractivity contribution in [3.8, 4) is 11.3 Å². The number of ether oxygens (including phenoxy) is 1. The first-order valence-electron chi connectivity index (χ1n) is 8.99. The Morgan fingerprint density at radius 2 is 2.04 bits per heavy atom. The molecule has 0 radical (unpaired) electrons. The summed E-state index contributed by atoms with van der Waals surface area (Å²) in [6, 6.07) is 13.8. The number of aromatic nitrogens is 2. The van der Waals surface area contributed by atoms with Crippen LogP contribution < -0.4 is 0 Å². The first-order valence-corrected chi connectivity index (χ1v) is 9.79. The van der Waals surface area contributed by atoms with E-state index in [-0.39, 0.29) is 17.8 Å². The lowest BCUT2D eigenvalue weighted by Crippen LogP contribution is -2.31. The van der Waals surface area contributed by atoms with Crippen LogP contribution in [-0.4, -0.2) is 41.3 Å². The van der Waals surface area contributed by atoms with Crippen LogP contribution in [0, 0.1) is 5.82 Å². The SMILES string of the molecule is COCCCN1C(=O)c2[nH]nc(-c3ccc(F)cc3)c2C1c1cccc(Br)c1. The molecule has 3 aromatic rings. The van der Waals surface area contributed by atoms with Crippen molar-refractivity contribution in [2.24, 2.45) is 0 Å². The number of H-pyrrole nitrogens is 1. The molecule has 1 amide bonds. The smallest absolute Gasteiger partial charge is 0.273 e. The summed E-state index contributed by atoms with van der Waals surface area (Å²) < 4.78 is 19.5. The number of aromatic amines is 1. The van der Waals surface area contributed by atoms with Crippen LogP contribution in [0.1, 0.15) is 34.1 Å². The molecular weight excluding hydrogens is 425 g/mol. The Morgan fingerprint density at radius 3 is 2.75 bits per heavy atom. The molecule has 0 aliphatic carbocycles. The molecule has 4 rings (SSSR count). The molecule has 144 valence electrons. The first-order chi connectivity index (χ1) is 13.6. The molecule has 0 saturated carbocycles. The summed E-state index contributed by atoms with van der Waals surface area (Å²) in [7, 11) is 1.65. The molecule has 1 aromatic heterocycles. The van der Waals surface area contributed by atoms with Crippen LogP contribution in [0.3, 0.4) is 0 Å². The number of carbonyl (C=O) groups excluding carboxylic acids is 1. The molecule has 0 saturated heterocycles. The minimum atomic E-state index is -0.309. The lowest BCUT2D eigenvalue weighted by Gasteiger charge is -2.26. The fourth-order valence-electron chi connectivity index (χ4n) is 3.66. The molecular formula is C21H19BrFN3O2. The highest BCUT2D eigenvalue weighted by molar-refractivity contribution is 9.10. The second kappa shape index (κ2) is 7.85. The molecule has 1 N–H and O–H groups in total. The third-order valence-corrected chi connectivity index (χ3v) is 5.39. The first kappa shape index (κ1) is 18.8. The number of hydrogen-bond donors (Lipinski definition) is 1. The van der Waals surface area contributed by atoms with E-state index in [9.17, 15) is 9.18 Å². The predicted molar refractivity (Wildman–Crippen MR) is 107 cm³/mol.